The fraction of sp³-hybridized carbons (Fsp3) is 0.261. The minimum Gasteiger partial charge on any atom is -0.350 e. The molecule has 4 rings (SSSR count). The lowest BCUT2D eigenvalue weighted by molar-refractivity contribution is -0.129. The summed E-state index contributed by atoms with van der Waals surface area (Å²) >= 11 is 0. The highest BCUT2D eigenvalue weighted by molar-refractivity contribution is 6.09. The Labute approximate surface area is 169 Å². The third-order valence-electron chi connectivity index (χ3n) is 5.53. The molecule has 0 bridgehead atoms. The van der Waals surface area contributed by atoms with Gasteiger partial charge in [0.05, 0.1) is 17.7 Å². The van der Waals surface area contributed by atoms with Crippen molar-refractivity contribution < 1.29 is 9.59 Å². The molecule has 1 aromatic heterocycles. The summed E-state index contributed by atoms with van der Waals surface area (Å²) in [6.07, 6.45) is 0.564. The van der Waals surface area contributed by atoms with E-state index in [9.17, 15) is 9.59 Å². The van der Waals surface area contributed by atoms with Gasteiger partial charge in [0.15, 0.2) is 0 Å². The van der Waals surface area contributed by atoms with Crippen LogP contribution in [0.25, 0.3) is 0 Å². The van der Waals surface area contributed by atoms with Gasteiger partial charge in [0, 0.05) is 24.8 Å². The molecule has 0 saturated carbocycles. The van der Waals surface area contributed by atoms with Crippen LogP contribution in [-0.4, -0.2) is 29.1 Å². The summed E-state index contributed by atoms with van der Waals surface area (Å²) in [7, 11) is 1.78. The number of nitrogens with zero attached hydrogens (tertiary/aromatic N) is 2. The molecule has 1 atom stereocenters. The zero-order valence-corrected chi connectivity index (χ0v) is 16.6. The number of fused-ring (bicyclic) bond motifs is 1. The van der Waals surface area contributed by atoms with E-state index in [1.54, 1.807) is 11.9 Å². The highest BCUT2D eigenvalue weighted by Gasteiger charge is 2.50. The van der Waals surface area contributed by atoms with Crippen LogP contribution in [0.1, 0.15) is 28.9 Å². The number of para-hydroxylation sites is 1. The van der Waals surface area contributed by atoms with Crippen molar-refractivity contribution in [2.45, 2.75) is 31.7 Å². The van der Waals surface area contributed by atoms with Crippen molar-refractivity contribution in [1.82, 2.24) is 15.5 Å². The molecule has 1 unspecified atom stereocenters. The number of nitrogens with one attached hydrogen (secondary N) is 2. The van der Waals surface area contributed by atoms with Crippen molar-refractivity contribution >= 4 is 17.5 Å². The van der Waals surface area contributed by atoms with Crippen molar-refractivity contribution in [3.8, 4) is 0 Å². The van der Waals surface area contributed by atoms with Crippen LogP contribution >= 0.6 is 0 Å². The number of anilines is 1. The predicted molar refractivity (Wildman–Crippen MR) is 111 cm³/mol. The first-order chi connectivity index (χ1) is 14.0. The molecule has 0 fully saturated rings. The Kier molecular flexibility index (Phi) is 4.92. The van der Waals surface area contributed by atoms with E-state index in [1.807, 2.05) is 67.6 Å². The summed E-state index contributed by atoms with van der Waals surface area (Å²) in [5.74, 6) is -0.214. The van der Waals surface area contributed by atoms with Crippen molar-refractivity contribution in [1.29, 1.82) is 0 Å². The number of H-pyrrole nitrogens is 1. The smallest absolute Gasteiger partial charge is 0.238 e. The lowest BCUT2D eigenvalue weighted by Crippen LogP contribution is -2.44. The number of likely N-dealkylation sites (N-methyl/N-ethyl adjacent to an activating group) is 1. The first-order valence-electron chi connectivity index (χ1n) is 9.69. The molecule has 2 aromatic carbocycles. The molecule has 0 saturated heterocycles. The second-order valence-electron chi connectivity index (χ2n) is 7.62. The van der Waals surface area contributed by atoms with Gasteiger partial charge in [0.25, 0.3) is 0 Å². The number of aromatic amines is 1. The van der Waals surface area contributed by atoms with Gasteiger partial charge < -0.3 is 10.2 Å². The standard InChI is InChI=1S/C23H24N4O2/c1-16-12-18(26-25-16)15-24-21(28)14-23(13-17-8-4-3-5-9-17)19-10-6-7-11-20(19)27(2)22(23)29/h3-12H,13-15H2,1-2H3,(H,24,28)(H,25,26). The molecule has 148 valence electrons. The van der Waals surface area contributed by atoms with Crippen LogP contribution in [0.5, 0.6) is 0 Å². The van der Waals surface area contributed by atoms with Gasteiger partial charge in [-0.2, -0.15) is 5.10 Å². The molecule has 3 aromatic rings. The summed E-state index contributed by atoms with van der Waals surface area (Å²) in [4.78, 5) is 28.0. The molecule has 0 aliphatic carbocycles. The SMILES string of the molecule is Cc1cc(CNC(=O)CC2(Cc3ccccc3)C(=O)N(C)c3ccccc32)n[nH]1. The summed E-state index contributed by atoms with van der Waals surface area (Å²) in [6, 6.07) is 19.5. The van der Waals surface area contributed by atoms with Crippen LogP contribution in [0, 0.1) is 6.92 Å². The Morgan fingerprint density at radius 3 is 2.59 bits per heavy atom. The number of aromatic nitrogens is 2. The maximum Gasteiger partial charge on any atom is 0.238 e. The van der Waals surface area contributed by atoms with Gasteiger partial charge in [0.1, 0.15) is 0 Å². The molecule has 1 aliphatic rings. The van der Waals surface area contributed by atoms with E-state index in [4.69, 9.17) is 0 Å². The molecule has 2 heterocycles. The third-order valence-corrected chi connectivity index (χ3v) is 5.53. The Balaban J connectivity index is 1.64. The molecule has 2 amide bonds. The number of carbonyl (C=O) groups is 2. The molecular formula is C23H24N4O2. The van der Waals surface area contributed by atoms with Gasteiger partial charge in [-0.25, -0.2) is 0 Å². The quantitative estimate of drug-likeness (QED) is 0.682. The van der Waals surface area contributed by atoms with Crippen LogP contribution in [0.2, 0.25) is 0 Å². The number of rotatable bonds is 6. The average molecular weight is 388 g/mol. The van der Waals surface area contributed by atoms with Crippen molar-refractivity contribution in [2.24, 2.45) is 0 Å². The Bertz CT molecular complexity index is 1040. The van der Waals surface area contributed by atoms with Gasteiger partial charge >= 0.3 is 0 Å². The van der Waals surface area contributed by atoms with Crippen molar-refractivity contribution in [3.63, 3.8) is 0 Å². The monoisotopic (exact) mass is 388 g/mol. The number of benzene rings is 2. The van der Waals surface area contributed by atoms with E-state index in [-0.39, 0.29) is 18.2 Å². The number of carbonyl (C=O) groups excluding carboxylic acids is 2. The second kappa shape index (κ2) is 7.54. The summed E-state index contributed by atoms with van der Waals surface area (Å²) < 4.78 is 0. The van der Waals surface area contributed by atoms with Gasteiger partial charge in [-0.15, -0.1) is 0 Å². The van der Waals surface area contributed by atoms with Gasteiger partial charge in [0.2, 0.25) is 11.8 Å². The molecule has 0 radical (unpaired) electrons. The predicted octanol–water partition coefficient (Wildman–Crippen LogP) is 2.88. The largest absolute Gasteiger partial charge is 0.350 e. The molecule has 2 N–H and O–H groups in total. The van der Waals surface area contributed by atoms with E-state index >= 15 is 0 Å². The van der Waals surface area contributed by atoms with Gasteiger partial charge in [-0.1, -0.05) is 48.5 Å². The maximum atomic E-state index is 13.4. The molecular weight excluding hydrogens is 364 g/mol. The molecule has 1 aliphatic heterocycles. The lowest BCUT2D eigenvalue weighted by atomic mass is 9.73. The van der Waals surface area contributed by atoms with Gasteiger partial charge in [-0.3, -0.25) is 14.7 Å². The van der Waals surface area contributed by atoms with E-state index in [0.717, 1.165) is 28.2 Å². The average Bonchev–Trinajstić information content (AvgIpc) is 3.23. The van der Waals surface area contributed by atoms with Crippen LogP contribution in [0.15, 0.2) is 60.7 Å². The lowest BCUT2D eigenvalue weighted by Gasteiger charge is -2.28. The van der Waals surface area contributed by atoms with Crippen LogP contribution in [0.3, 0.4) is 0 Å². The highest BCUT2D eigenvalue weighted by atomic mass is 16.2. The Morgan fingerprint density at radius 2 is 1.86 bits per heavy atom. The summed E-state index contributed by atoms with van der Waals surface area (Å²) in [5, 5.41) is 9.95. The molecule has 29 heavy (non-hydrogen) atoms. The summed E-state index contributed by atoms with van der Waals surface area (Å²) in [5.41, 5.74) is 3.59. The van der Waals surface area contributed by atoms with Gasteiger partial charge in [-0.05, 0) is 36.6 Å². The van der Waals surface area contributed by atoms with Crippen molar-refractivity contribution in [2.75, 3.05) is 11.9 Å². The minimum atomic E-state index is -0.918. The number of hydrogen-bond acceptors (Lipinski definition) is 3. The van der Waals surface area contributed by atoms with E-state index < -0.39 is 5.41 Å². The number of hydrogen-bond donors (Lipinski definition) is 2. The van der Waals surface area contributed by atoms with E-state index in [1.165, 1.54) is 0 Å². The molecule has 0 spiro atoms. The number of aryl methyl sites for hydroxylation is 1. The van der Waals surface area contributed by atoms with E-state index in [2.05, 4.69) is 15.5 Å². The normalized spacial score (nSPS) is 18.0. The topological polar surface area (TPSA) is 78.1 Å². The van der Waals surface area contributed by atoms with E-state index in [0.29, 0.717) is 13.0 Å². The van der Waals surface area contributed by atoms with Crippen molar-refractivity contribution in [3.05, 3.63) is 83.2 Å². The van der Waals surface area contributed by atoms with Crippen LogP contribution < -0.4 is 10.2 Å². The zero-order chi connectivity index (χ0) is 20.4. The minimum absolute atomic E-state index is 0.0479. The molecule has 6 heteroatoms. The molecule has 6 nitrogen and oxygen atoms in total. The fourth-order valence-corrected chi connectivity index (χ4v) is 4.16. The fourth-order valence-electron chi connectivity index (χ4n) is 4.16. The van der Waals surface area contributed by atoms with Crippen LogP contribution in [-0.2, 0) is 28.0 Å². The first-order valence-corrected chi connectivity index (χ1v) is 9.69. The summed E-state index contributed by atoms with van der Waals surface area (Å²) in [6.45, 7) is 2.24. The Hall–Kier alpha value is -3.41. The second-order valence-corrected chi connectivity index (χ2v) is 7.62. The maximum absolute atomic E-state index is 13.4. The zero-order valence-electron chi connectivity index (χ0n) is 16.6. The van der Waals surface area contributed by atoms with Crippen LogP contribution in [0.4, 0.5) is 5.69 Å². The number of amides is 2. The third kappa shape index (κ3) is 3.53. The first kappa shape index (κ1) is 18.9. The highest BCUT2D eigenvalue weighted by Crippen LogP contribution is 2.45. The Morgan fingerprint density at radius 1 is 1.14 bits per heavy atom.